The Morgan fingerprint density at radius 3 is 2.44 bits per heavy atom. The van der Waals surface area contributed by atoms with Crippen LogP contribution < -0.4 is 0 Å². The van der Waals surface area contributed by atoms with Crippen molar-refractivity contribution in [3.8, 4) is 17.5 Å². The average Bonchev–Trinajstić information content (AvgIpc) is 3.00. The van der Waals surface area contributed by atoms with Gasteiger partial charge in [0.2, 0.25) is 15.7 Å². The second-order valence-electron chi connectivity index (χ2n) is 5.88. The molecule has 3 rings (SSSR count). The molecule has 0 bridgehead atoms. The van der Waals surface area contributed by atoms with E-state index in [0.717, 1.165) is 11.1 Å². The zero-order valence-corrected chi connectivity index (χ0v) is 14.7. The Bertz CT molecular complexity index is 1060. The van der Waals surface area contributed by atoms with Crippen molar-refractivity contribution >= 4 is 9.84 Å². The van der Waals surface area contributed by atoms with Gasteiger partial charge in [-0.1, -0.05) is 47.5 Å². The Morgan fingerprint density at radius 1 is 1.08 bits per heavy atom. The van der Waals surface area contributed by atoms with E-state index < -0.39 is 9.84 Å². The zero-order valence-electron chi connectivity index (χ0n) is 13.9. The van der Waals surface area contributed by atoms with Crippen molar-refractivity contribution in [3.05, 3.63) is 70.9 Å². The molecular formula is C19H16N2O3S. The SMILES string of the molecule is Cc1ccc(-c2nc(C#N)c(S(=O)(=O)Cc3cccc(C)c3)o2)cc1. The van der Waals surface area contributed by atoms with E-state index >= 15 is 0 Å². The van der Waals surface area contributed by atoms with E-state index in [1.807, 2.05) is 38.1 Å². The van der Waals surface area contributed by atoms with Gasteiger partial charge >= 0.3 is 0 Å². The van der Waals surface area contributed by atoms with Gasteiger partial charge < -0.3 is 4.42 Å². The first-order valence-electron chi connectivity index (χ1n) is 7.65. The summed E-state index contributed by atoms with van der Waals surface area (Å²) in [4.78, 5) is 4.05. The molecule has 126 valence electrons. The first kappa shape index (κ1) is 16.9. The average molecular weight is 352 g/mol. The number of hydrogen-bond donors (Lipinski definition) is 0. The summed E-state index contributed by atoms with van der Waals surface area (Å²) in [5.41, 5.74) is 3.06. The Hall–Kier alpha value is -2.91. The van der Waals surface area contributed by atoms with E-state index in [0.29, 0.717) is 11.1 Å². The van der Waals surface area contributed by atoms with Crippen molar-refractivity contribution in [2.75, 3.05) is 0 Å². The Balaban J connectivity index is 2.01. The molecule has 0 spiro atoms. The van der Waals surface area contributed by atoms with E-state index in [4.69, 9.17) is 4.42 Å². The van der Waals surface area contributed by atoms with Crippen LogP contribution in [0.5, 0.6) is 0 Å². The minimum absolute atomic E-state index is 0.124. The van der Waals surface area contributed by atoms with Gasteiger partial charge in [0, 0.05) is 5.56 Å². The van der Waals surface area contributed by atoms with Crippen LogP contribution >= 0.6 is 0 Å². The molecule has 0 aliphatic carbocycles. The number of nitriles is 1. The predicted octanol–water partition coefficient (Wildman–Crippen LogP) is 3.80. The molecule has 0 aliphatic heterocycles. The standard InChI is InChI=1S/C19H16N2O3S/c1-13-6-8-16(9-7-13)18-21-17(11-20)19(24-18)25(22,23)12-15-5-3-4-14(2)10-15/h3-10H,12H2,1-2H3. The summed E-state index contributed by atoms with van der Waals surface area (Å²) in [5, 5.41) is 8.88. The quantitative estimate of drug-likeness (QED) is 0.713. The van der Waals surface area contributed by atoms with Crippen LogP contribution in [-0.4, -0.2) is 13.4 Å². The van der Waals surface area contributed by atoms with Crippen molar-refractivity contribution in [2.45, 2.75) is 24.7 Å². The van der Waals surface area contributed by atoms with Crippen molar-refractivity contribution in [1.29, 1.82) is 5.26 Å². The zero-order chi connectivity index (χ0) is 18.0. The third-order valence-electron chi connectivity index (χ3n) is 3.72. The molecule has 3 aromatic rings. The first-order chi connectivity index (χ1) is 11.9. The highest BCUT2D eigenvalue weighted by atomic mass is 32.2. The smallest absolute Gasteiger partial charge is 0.257 e. The number of oxazole rings is 1. The highest BCUT2D eigenvalue weighted by Crippen LogP contribution is 2.27. The summed E-state index contributed by atoms with van der Waals surface area (Å²) in [6, 6.07) is 16.3. The minimum Gasteiger partial charge on any atom is -0.423 e. The fourth-order valence-electron chi connectivity index (χ4n) is 2.49. The molecule has 2 aromatic carbocycles. The summed E-state index contributed by atoms with van der Waals surface area (Å²) in [7, 11) is -3.82. The number of benzene rings is 2. The van der Waals surface area contributed by atoms with Gasteiger partial charge in [-0.15, -0.1) is 0 Å². The van der Waals surface area contributed by atoms with Crippen LogP contribution in [0.2, 0.25) is 0 Å². The van der Waals surface area contributed by atoms with Gasteiger partial charge in [-0.05, 0) is 31.5 Å². The molecule has 25 heavy (non-hydrogen) atoms. The van der Waals surface area contributed by atoms with Crippen LogP contribution in [0.15, 0.2) is 58.0 Å². The summed E-state index contributed by atoms with van der Waals surface area (Å²) >= 11 is 0. The molecule has 0 saturated carbocycles. The van der Waals surface area contributed by atoms with Crippen molar-refractivity contribution in [1.82, 2.24) is 4.98 Å². The number of rotatable bonds is 4. The first-order valence-corrected chi connectivity index (χ1v) is 9.30. The lowest BCUT2D eigenvalue weighted by Crippen LogP contribution is -2.06. The van der Waals surface area contributed by atoms with Crippen molar-refractivity contribution in [2.24, 2.45) is 0 Å². The summed E-state index contributed by atoms with van der Waals surface area (Å²) in [5.74, 6) is -0.120. The number of aryl methyl sites for hydroxylation is 2. The van der Waals surface area contributed by atoms with Crippen LogP contribution in [0.25, 0.3) is 11.5 Å². The Kier molecular flexibility index (Phi) is 4.43. The van der Waals surface area contributed by atoms with E-state index in [9.17, 15) is 13.7 Å². The van der Waals surface area contributed by atoms with Gasteiger partial charge in [-0.3, -0.25) is 0 Å². The molecule has 0 saturated heterocycles. The number of aromatic nitrogens is 1. The lowest BCUT2D eigenvalue weighted by atomic mass is 10.1. The number of sulfone groups is 1. The van der Waals surface area contributed by atoms with Crippen LogP contribution in [0.4, 0.5) is 0 Å². The third kappa shape index (κ3) is 3.62. The maximum atomic E-state index is 12.7. The highest BCUT2D eigenvalue weighted by Gasteiger charge is 2.27. The minimum atomic E-state index is -3.82. The largest absolute Gasteiger partial charge is 0.423 e. The highest BCUT2D eigenvalue weighted by molar-refractivity contribution is 7.90. The molecule has 5 nitrogen and oxygen atoms in total. The van der Waals surface area contributed by atoms with Gasteiger partial charge in [-0.25, -0.2) is 8.42 Å². The molecule has 1 heterocycles. The van der Waals surface area contributed by atoms with Crippen LogP contribution in [0.1, 0.15) is 22.4 Å². The number of hydrogen-bond acceptors (Lipinski definition) is 5. The molecule has 0 aliphatic rings. The summed E-state index contributed by atoms with van der Waals surface area (Å²) in [6.07, 6.45) is 0. The second-order valence-corrected chi connectivity index (χ2v) is 7.77. The molecule has 0 atom stereocenters. The fraction of sp³-hybridized carbons (Fsp3) is 0.158. The fourth-order valence-corrected chi connectivity index (χ4v) is 3.84. The predicted molar refractivity (Wildman–Crippen MR) is 93.5 cm³/mol. The van der Waals surface area contributed by atoms with Gasteiger partial charge in [-0.2, -0.15) is 10.2 Å². The molecule has 0 unspecified atom stereocenters. The van der Waals surface area contributed by atoms with E-state index in [1.54, 1.807) is 30.3 Å². The Labute approximate surface area is 146 Å². The molecule has 0 radical (unpaired) electrons. The van der Waals surface area contributed by atoms with Gasteiger partial charge in [0.15, 0.2) is 5.69 Å². The van der Waals surface area contributed by atoms with Gasteiger partial charge in [0.1, 0.15) is 6.07 Å². The van der Waals surface area contributed by atoms with E-state index in [2.05, 4.69) is 4.98 Å². The maximum absolute atomic E-state index is 12.7. The van der Waals surface area contributed by atoms with Crippen molar-refractivity contribution < 1.29 is 12.8 Å². The monoisotopic (exact) mass is 352 g/mol. The second kappa shape index (κ2) is 6.54. The van der Waals surface area contributed by atoms with E-state index in [1.165, 1.54) is 0 Å². The lowest BCUT2D eigenvalue weighted by molar-refractivity contribution is 0.457. The molecule has 6 heteroatoms. The van der Waals surface area contributed by atoms with Crippen LogP contribution in [-0.2, 0) is 15.6 Å². The summed E-state index contributed by atoms with van der Waals surface area (Å²) < 4.78 is 30.9. The van der Waals surface area contributed by atoms with Crippen LogP contribution in [0.3, 0.4) is 0 Å². The van der Waals surface area contributed by atoms with Crippen LogP contribution in [0, 0.1) is 25.2 Å². The van der Waals surface area contributed by atoms with E-state index in [-0.39, 0.29) is 22.4 Å². The lowest BCUT2D eigenvalue weighted by Gasteiger charge is -2.03. The summed E-state index contributed by atoms with van der Waals surface area (Å²) in [6.45, 7) is 3.83. The normalized spacial score (nSPS) is 11.2. The molecule has 0 amide bonds. The van der Waals surface area contributed by atoms with Crippen molar-refractivity contribution in [3.63, 3.8) is 0 Å². The molecular weight excluding hydrogens is 336 g/mol. The van der Waals surface area contributed by atoms with Gasteiger partial charge in [0.05, 0.1) is 5.75 Å². The number of nitrogens with zero attached hydrogens (tertiary/aromatic N) is 2. The third-order valence-corrected chi connectivity index (χ3v) is 5.28. The molecule has 0 N–H and O–H groups in total. The molecule has 0 fully saturated rings. The topological polar surface area (TPSA) is 84.0 Å². The Morgan fingerprint density at radius 2 is 1.80 bits per heavy atom. The van der Waals surface area contributed by atoms with Gasteiger partial charge in [0.25, 0.3) is 5.09 Å². The maximum Gasteiger partial charge on any atom is 0.257 e. The molecule has 1 aromatic heterocycles.